The highest BCUT2D eigenvalue weighted by Crippen LogP contribution is 2.39. The number of benzene rings is 1. The maximum Gasteiger partial charge on any atom is 0.226 e. The first-order valence-electron chi connectivity index (χ1n) is 9.31. The van der Waals surface area contributed by atoms with E-state index in [1.807, 2.05) is 24.0 Å². The second-order valence-electron chi connectivity index (χ2n) is 6.28. The lowest BCUT2D eigenvalue weighted by atomic mass is 10.2. The molecule has 0 unspecified atom stereocenters. The summed E-state index contributed by atoms with van der Waals surface area (Å²) < 4.78 is 22.4. The van der Waals surface area contributed by atoms with Gasteiger partial charge in [0.1, 0.15) is 0 Å². The average molecular weight is 454 g/mol. The molecule has 1 fully saturated rings. The van der Waals surface area contributed by atoms with E-state index < -0.39 is 0 Å². The fourth-order valence-electron chi connectivity index (χ4n) is 2.99. The van der Waals surface area contributed by atoms with E-state index in [0.717, 1.165) is 10.0 Å². The maximum atomic E-state index is 12.2. The van der Waals surface area contributed by atoms with Crippen LogP contribution in [0.25, 0.3) is 11.4 Å². The van der Waals surface area contributed by atoms with Crippen molar-refractivity contribution < 1.29 is 23.5 Å². The molecular weight excluding hydrogens is 430 g/mol. The fourth-order valence-corrected chi connectivity index (χ4v) is 3.60. The van der Waals surface area contributed by atoms with E-state index >= 15 is 0 Å². The van der Waals surface area contributed by atoms with Crippen molar-refractivity contribution in [2.45, 2.75) is 26.2 Å². The number of carbonyl (C=O) groups excluding carboxylic acids is 1. The minimum Gasteiger partial charge on any atom is -0.492 e. The van der Waals surface area contributed by atoms with Crippen molar-refractivity contribution >= 4 is 21.8 Å². The van der Waals surface area contributed by atoms with Gasteiger partial charge in [-0.05, 0) is 41.4 Å². The summed E-state index contributed by atoms with van der Waals surface area (Å²) in [5.74, 6) is 2.35. The summed E-state index contributed by atoms with van der Waals surface area (Å²) in [7, 11) is 1.59. The molecule has 2 heterocycles. The summed E-state index contributed by atoms with van der Waals surface area (Å²) in [5, 5.41) is 4.06. The number of carbonyl (C=O) groups is 1. The monoisotopic (exact) mass is 453 g/mol. The van der Waals surface area contributed by atoms with Gasteiger partial charge in [-0.25, -0.2) is 0 Å². The molecule has 2 aromatic rings. The van der Waals surface area contributed by atoms with Crippen LogP contribution in [0.2, 0.25) is 0 Å². The number of aryl methyl sites for hydroxylation is 1. The van der Waals surface area contributed by atoms with E-state index in [2.05, 4.69) is 26.1 Å². The molecule has 1 aromatic carbocycles. The predicted octanol–water partition coefficient (Wildman–Crippen LogP) is 3.09. The number of methoxy groups -OCH3 is 1. The summed E-state index contributed by atoms with van der Waals surface area (Å²) in [4.78, 5) is 18.5. The molecule has 1 aliphatic heterocycles. The zero-order valence-corrected chi connectivity index (χ0v) is 17.7. The van der Waals surface area contributed by atoms with Crippen LogP contribution in [-0.2, 0) is 16.0 Å². The summed E-state index contributed by atoms with van der Waals surface area (Å²) in [5.41, 5.74) is 0.760. The summed E-state index contributed by atoms with van der Waals surface area (Å²) in [6, 6.07) is 3.68. The highest BCUT2D eigenvalue weighted by molar-refractivity contribution is 9.10. The van der Waals surface area contributed by atoms with Crippen LogP contribution < -0.4 is 9.47 Å². The SMILES string of the molecule is CCOc1cc(-c2noc(CCCC(=O)N3CCOCC3)n2)cc(Br)c1OC. The number of aromatic nitrogens is 2. The lowest BCUT2D eigenvalue weighted by Gasteiger charge is -2.26. The van der Waals surface area contributed by atoms with E-state index in [1.165, 1.54) is 0 Å². The average Bonchev–Trinajstić information content (AvgIpc) is 3.17. The van der Waals surface area contributed by atoms with Gasteiger partial charge in [-0.1, -0.05) is 5.16 Å². The molecule has 0 aliphatic carbocycles. The number of halogens is 1. The Hall–Kier alpha value is -2.13. The maximum absolute atomic E-state index is 12.2. The summed E-state index contributed by atoms with van der Waals surface area (Å²) in [6.07, 6.45) is 1.67. The van der Waals surface area contributed by atoms with Crippen molar-refractivity contribution in [2.75, 3.05) is 40.0 Å². The zero-order valence-electron chi connectivity index (χ0n) is 16.1. The Bertz CT molecular complexity index is 805. The molecule has 0 N–H and O–H groups in total. The Morgan fingerprint density at radius 1 is 1.32 bits per heavy atom. The van der Waals surface area contributed by atoms with E-state index in [0.29, 0.717) is 75.4 Å². The van der Waals surface area contributed by atoms with Crippen molar-refractivity contribution in [1.82, 2.24) is 15.0 Å². The smallest absolute Gasteiger partial charge is 0.226 e. The van der Waals surface area contributed by atoms with Crippen molar-refractivity contribution in [2.24, 2.45) is 0 Å². The van der Waals surface area contributed by atoms with Crippen LogP contribution in [0.5, 0.6) is 11.5 Å². The van der Waals surface area contributed by atoms with Gasteiger partial charge in [-0.2, -0.15) is 4.98 Å². The van der Waals surface area contributed by atoms with E-state index in [-0.39, 0.29) is 5.91 Å². The molecule has 1 saturated heterocycles. The Balaban J connectivity index is 1.61. The lowest BCUT2D eigenvalue weighted by Crippen LogP contribution is -2.40. The fraction of sp³-hybridized carbons (Fsp3) is 0.526. The summed E-state index contributed by atoms with van der Waals surface area (Å²) >= 11 is 3.49. The lowest BCUT2D eigenvalue weighted by molar-refractivity contribution is -0.135. The quantitative estimate of drug-likeness (QED) is 0.606. The third kappa shape index (κ3) is 5.02. The van der Waals surface area contributed by atoms with E-state index in [1.54, 1.807) is 7.11 Å². The molecule has 0 spiro atoms. The van der Waals surface area contributed by atoms with Crippen molar-refractivity contribution in [3.05, 3.63) is 22.5 Å². The van der Waals surface area contributed by atoms with Gasteiger partial charge < -0.3 is 23.6 Å². The summed E-state index contributed by atoms with van der Waals surface area (Å²) in [6.45, 7) is 4.97. The van der Waals surface area contributed by atoms with E-state index in [9.17, 15) is 4.79 Å². The van der Waals surface area contributed by atoms with Gasteiger partial charge in [-0.15, -0.1) is 0 Å². The minimum atomic E-state index is 0.142. The Kier molecular flexibility index (Phi) is 7.27. The van der Waals surface area contributed by atoms with Crippen LogP contribution in [-0.4, -0.2) is 61.0 Å². The van der Waals surface area contributed by atoms with Gasteiger partial charge in [0.05, 0.1) is 31.4 Å². The van der Waals surface area contributed by atoms with Crippen LogP contribution in [0, 0.1) is 0 Å². The van der Waals surface area contributed by atoms with Crippen molar-refractivity contribution in [3.63, 3.8) is 0 Å². The molecular formula is C19H24BrN3O5. The third-order valence-corrected chi connectivity index (χ3v) is 4.97. The zero-order chi connectivity index (χ0) is 19.9. The molecule has 1 aromatic heterocycles. The van der Waals surface area contributed by atoms with Gasteiger partial charge >= 0.3 is 0 Å². The van der Waals surface area contributed by atoms with Gasteiger partial charge in [-0.3, -0.25) is 4.79 Å². The molecule has 0 atom stereocenters. The number of hydrogen-bond donors (Lipinski definition) is 0. The Labute approximate surface area is 172 Å². The molecule has 0 radical (unpaired) electrons. The van der Waals surface area contributed by atoms with Gasteiger partial charge in [0.2, 0.25) is 17.6 Å². The Morgan fingerprint density at radius 2 is 2.11 bits per heavy atom. The van der Waals surface area contributed by atoms with E-state index in [4.69, 9.17) is 18.7 Å². The van der Waals surface area contributed by atoms with Gasteiger partial charge in [0.25, 0.3) is 0 Å². The molecule has 1 aliphatic rings. The largest absolute Gasteiger partial charge is 0.492 e. The second kappa shape index (κ2) is 9.88. The Morgan fingerprint density at radius 3 is 2.82 bits per heavy atom. The highest BCUT2D eigenvalue weighted by atomic mass is 79.9. The number of nitrogens with zero attached hydrogens (tertiary/aromatic N) is 3. The van der Waals surface area contributed by atoms with Crippen LogP contribution in [0.1, 0.15) is 25.7 Å². The first-order valence-corrected chi connectivity index (χ1v) is 10.1. The molecule has 152 valence electrons. The molecule has 3 rings (SSSR count). The number of morpholine rings is 1. The molecule has 0 bridgehead atoms. The van der Waals surface area contributed by atoms with Crippen LogP contribution >= 0.6 is 15.9 Å². The van der Waals surface area contributed by atoms with Gasteiger partial charge in [0, 0.05) is 31.5 Å². The molecule has 9 heteroatoms. The standard InChI is InChI=1S/C19H24BrN3O5/c1-3-27-15-12-13(11-14(20)18(15)25-2)19-21-16(28-22-19)5-4-6-17(24)23-7-9-26-10-8-23/h11-12H,3-10H2,1-2H3. The molecule has 1 amide bonds. The van der Waals surface area contributed by atoms with Gasteiger partial charge in [0.15, 0.2) is 11.5 Å². The van der Waals surface area contributed by atoms with Crippen LogP contribution in [0.3, 0.4) is 0 Å². The first-order chi connectivity index (χ1) is 13.6. The van der Waals surface area contributed by atoms with Crippen LogP contribution in [0.15, 0.2) is 21.1 Å². The number of hydrogen-bond acceptors (Lipinski definition) is 7. The van der Waals surface area contributed by atoms with Crippen LogP contribution in [0.4, 0.5) is 0 Å². The molecule has 0 saturated carbocycles. The number of amides is 1. The first kappa shape index (κ1) is 20.6. The normalized spacial score (nSPS) is 14.2. The predicted molar refractivity (Wildman–Crippen MR) is 105 cm³/mol. The van der Waals surface area contributed by atoms with Crippen molar-refractivity contribution in [3.8, 4) is 22.9 Å². The number of rotatable bonds is 8. The topological polar surface area (TPSA) is 86.9 Å². The second-order valence-corrected chi connectivity index (χ2v) is 7.14. The molecule has 28 heavy (non-hydrogen) atoms. The highest BCUT2D eigenvalue weighted by Gasteiger charge is 2.18. The minimum absolute atomic E-state index is 0.142. The van der Waals surface area contributed by atoms with Crippen molar-refractivity contribution in [1.29, 1.82) is 0 Å². The third-order valence-electron chi connectivity index (χ3n) is 4.38. The number of ether oxygens (including phenoxy) is 3. The molecule has 8 nitrogen and oxygen atoms in total.